The first-order valence-corrected chi connectivity index (χ1v) is 5.72. The number of carbonyl (C=O) groups excluding carboxylic acids is 1. The second kappa shape index (κ2) is 4.43. The van der Waals surface area contributed by atoms with Crippen LogP contribution in [0.2, 0.25) is 0 Å². The number of methoxy groups -OCH3 is 1. The van der Waals surface area contributed by atoms with Crippen LogP contribution < -0.4 is 4.74 Å². The maximum Gasteiger partial charge on any atom is 0.254 e. The molecule has 1 saturated heterocycles. The van der Waals surface area contributed by atoms with E-state index in [0.29, 0.717) is 24.4 Å². The van der Waals surface area contributed by atoms with Gasteiger partial charge in [-0.3, -0.25) is 4.79 Å². The van der Waals surface area contributed by atoms with Crippen molar-refractivity contribution >= 4 is 21.8 Å². The first-order chi connectivity index (χ1) is 7.61. The number of hydrogen-bond donors (Lipinski definition) is 1. The number of ether oxygens (including phenoxy) is 1. The molecule has 16 heavy (non-hydrogen) atoms. The summed E-state index contributed by atoms with van der Waals surface area (Å²) in [5.74, 6) is 0.558. The van der Waals surface area contributed by atoms with Gasteiger partial charge in [0.2, 0.25) is 0 Å². The van der Waals surface area contributed by atoms with Crippen LogP contribution in [0.5, 0.6) is 5.75 Å². The first kappa shape index (κ1) is 11.4. The molecule has 1 N–H and O–H groups in total. The van der Waals surface area contributed by atoms with Gasteiger partial charge in [0, 0.05) is 18.7 Å². The zero-order valence-electron chi connectivity index (χ0n) is 8.81. The van der Waals surface area contributed by atoms with E-state index in [1.54, 1.807) is 30.2 Å². The zero-order chi connectivity index (χ0) is 11.7. The number of hydrogen-bond acceptors (Lipinski definition) is 3. The predicted octanol–water partition coefficient (Wildman–Crippen LogP) is 1.27. The molecule has 1 fully saturated rings. The maximum absolute atomic E-state index is 11.9. The number of aliphatic hydroxyl groups is 1. The van der Waals surface area contributed by atoms with E-state index in [-0.39, 0.29) is 12.0 Å². The highest BCUT2D eigenvalue weighted by Crippen LogP contribution is 2.26. The molecule has 1 aromatic carbocycles. The largest absolute Gasteiger partial charge is 0.496 e. The van der Waals surface area contributed by atoms with Crippen LogP contribution >= 0.6 is 15.9 Å². The summed E-state index contributed by atoms with van der Waals surface area (Å²) in [6.45, 7) is 0.828. The van der Waals surface area contributed by atoms with Crippen molar-refractivity contribution in [3.05, 3.63) is 28.2 Å². The molecule has 0 unspecified atom stereocenters. The molecule has 86 valence electrons. The summed E-state index contributed by atoms with van der Waals surface area (Å²) in [5.41, 5.74) is 0.576. The molecule has 2 rings (SSSR count). The topological polar surface area (TPSA) is 49.8 Å². The highest BCUT2D eigenvalue weighted by atomic mass is 79.9. The number of carbonyl (C=O) groups is 1. The van der Waals surface area contributed by atoms with Gasteiger partial charge in [-0.1, -0.05) is 0 Å². The molecule has 5 heteroatoms. The van der Waals surface area contributed by atoms with Gasteiger partial charge >= 0.3 is 0 Å². The standard InChI is InChI=1S/C11H12BrNO3/c1-16-10-4-7(2-3-9(10)12)11(15)13-5-8(14)6-13/h2-4,8,14H,5-6H2,1H3. The van der Waals surface area contributed by atoms with E-state index in [0.717, 1.165) is 4.47 Å². The molecule has 0 saturated carbocycles. The second-order valence-electron chi connectivity index (χ2n) is 3.71. The van der Waals surface area contributed by atoms with E-state index in [2.05, 4.69) is 15.9 Å². The third-order valence-electron chi connectivity index (χ3n) is 2.55. The molecule has 1 heterocycles. The average Bonchev–Trinajstić information content (AvgIpc) is 2.24. The third kappa shape index (κ3) is 2.05. The Labute approximate surface area is 102 Å². The molecule has 1 aromatic rings. The summed E-state index contributed by atoms with van der Waals surface area (Å²) in [6.07, 6.45) is -0.374. The van der Waals surface area contributed by atoms with Crippen LogP contribution in [0.4, 0.5) is 0 Å². The third-order valence-corrected chi connectivity index (χ3v) is 3.20. The molecule has 1 aliphatic rings. The highest BCUT2D eigenvalue weighted by Gasteiger charge is 2.29. The van der Waals surface area contributed by atoms with Crippen molar-refractivity contribution < 1.29 is 14.6 Å². The number of benzene rings is 1. The predicted molar refractivity (Wildman–Crippen MR) is 62.6 cm³/mol. The molecule has 0 spiro atoms. The van der Waals surface area contributed by atoms with Crippen molar-refractivity contribution in [1.29, 1.82) is 0 Å². The van der Waals surface area contributed by atoms with Gasteiger partial charge in [-0.05, 0) is 34.1 Å². The van der Waals surface area contributed by atoms with Gasteiger partial charge in [-0.15, -0.1) is 0 Å². The maximum atomic E-state index is 11.9. The quantitative estimate of drug-likeness (QED) is 0.891. The molecule has 0 bridgehead atoms. The van der Waals surface area contributed by atoms with E-state index < -0.39 is 0 Å². The van der Waals surface area contributed by atoms with Gasteiger partial charge in [0.1, 0.15) is 5.75 Å². The Hall–Kier alpha value is -1.07. The van der Waals surface area contributed by atoms with Crippen LogP contribution in [0.3, 0.4) is 0 Å². The highest BCUT2D eigenvalue weighted by molar-refractivity contribution is 9.10. The van der Waals surface area contributed by atoms with Gasteiger partial charge < -0.3 is 14.7 Å². The second-order valence-corrected chi connectivity index (χ2v) is 4.57. The lowest BCUT2D eigenvalue weighted by Gasteiger charge is -2.35. The van der Waals surface area contributed by atoms with Crippen molar-refractivity contribution in [2.75, 3.05) is 20.2 Å². The number of likely N-dealkylation sites (tertiary alicyclic amines) is 1. The molecular formula is C11H12BrNO3. The van der Waals surface area contributed by atoms with Crippen LogP contribution in [0.1, 0.15) is 10.4 Å². The fraction of sp³-hybridized carbons (Fsp3) is 0.364. The summed E-state index contributed by atoms with van der Waals surface area (Å²) in [7, 11) is 1.56. The Balaban J connectivity index is 2.17. The lowest BCUT2D eigenvalue weighted by Crippen LogP contribution is -2.53. The minimum absolute atomic E-state index is 0.0731. The Morgan fingerprint density at radius 1 is 1.56 bits per heavy atom. The van der Waals surface area contributed by atoms with Gasteiger partial charge in [-0.25, -0.2) is 0 Å². The number of amides is 1. The van der Waals surface area contributed by atoms with Crippen LogP contribution in [-0.2, 0) is 0 Å². The van der Waals surface area contributed by atoms with Crippen LogP contribution in [0, 0.1) is 0 Å². The summed E-state index contributed by atoms with van der Waals surface area (Å²) < 4.78 is 5.94. The minimum atomic E-state index is -0.374. The van der Waals surface area contributed by atoms with Crippen LogP contribution in [0.15, 0.2) is 22.7 Å². The molecular weight excluding hydrogens is 274 g/mol. The molecule has 0 atom stereocenters. The first-order valence-electron chi connectivity index (χ1n) is 4.92. The van der Waals surface area contributed by atoms with E-state index in [1.165, 1.54) is 0 Å². The van der Waals surface area contributed by atoms with Crippen molar-refractivity contribution in [3.63, 3.8) is 0 Å². The summed E-state index contributed by atoms with van der Waals surface area (Å²) in [4.78, 5) is 13.5. The Kier molecular flexibility index (Phi) is 3.16. The lowest BCUT2D eigenvalue weighted by molar-refractivity contribution is 0.00588. The van der Waals surface area contributed by atoms with Gasteiger partial charge in [0.15, 0.2) is 0 Å². The molecule has 4 nitrogen and oxygen atoms in total. The fourth-order valence-electron chi connectivity index (χ4n) is 1.60. The SMILES string of the molecule is COc1cc(C(=O)N2CC(O)C2)ccc1Br. The molecule has 0 radical (unpaired) electrons. The van der Waals surface area contributed by atoms with E-state index >= 15 is 0 Å². The number of nitrogens with zero attached hydrogens (tertiary/aromatic N) is 1. The smallest absolute Gasteiger partial charge is 0.254 e. The lowest BCUT2D eigenvalue weighted by atomic mass is 10.1. The van der Waals surface area contributed by atoms with E-state index in [4.69, 9.17) is 9.84 Å². The normalized spacial score (nSPS) is 15.8. The molecule has 1 aliphatic heterocycles. The van der Waals surface area contributed by atoms with Gasteiger partial charge in [0.05, 0.1) is 17.7 Å². The summed E-state index contributed by atoms with van der Waals surface area (Å²) in [6, 6.07) is 5.21. The van der Waals surface area contributed by atoms with Crippen molar-refractivity contribution in [3.8, 4) is 5.75 Å². The minimum Gasteiger partial charge on any atom is -0.496 e. The Morgan fingerprint density at radius 3 is 2.81 bits per heavy atom. The number of halogens is 1. The van der Waals surface area contributed by atoms with E-state index in [9.17, 15) is 4.79 Å². The van der Waals surface area contributed by atoms with Crippen LogP contribution in [0.25, 0.3) is 0 Å². The molecule has 1 amide bonds. The Morgan fingerprint density at radius 2 is 2.25 bits per heavy atom. The number of β-amino-alcohol motifs (C(OH)–C–C–N with tert-alkyl or cyclic N) is 1. The number of rotatable bonds is 2. The van der Waals surface area contributed by atoms with Gasteiger partial charge in [0.25, 0.3) is 5.91 Å². The van der Waals surface area contributed by atoms with Crippen molar-refractivity contribution in [1.82, 2.24) is 4.90 Å². The van der Waals surface area contributed by atoms with Crippen molar-refractivity contribution in [2.24, 2.45) is 0 Å². The molecule has 0 aromatic heterocycles. The Bertz CT molecular complexity index is 416. The zero-order valence-corrected chi connectivity index (χ0v) is 10.4. The van der Waals surface area contributed by atoms with E-state index in [1.807, 2.05) is 0 Å². The van der Waals surface area contributed by atoms with Crippen LogP contribution in [-0.4, -0.2) is 42.2 Å². The summed E-state index contributed by atoms with van der Waals surface area (Å²) >= 11 is 3.33. The van der Waals surface area contributed by atoms with Crippen molar-refractivity contribution in [2.45, 2.75) is 6.10 Å². The average molecular weight is 286 g/mol. The number of aliphatic hydroxyl groups excluding tert-OH is 1. The summed E-state index contributed by atoms with van der Waals surface area (Å²) in [5, 5.41) is 9.13. The van der Waals surface area contributed by atoms with Gasteiger partial charge in [-0.2, -0.15) is 0 Å². The monoisotopic (exact) mass is 285 g/mol. The molecule has 0 aliphatic carbocycles. The fourth-order valence-corrected chi connectivity index (χ4v) is 2.01.